The van der Waals surface area contributed by atoms with E-state index in [0.717, 1.165) is 24.1 Å². The summed E-state index contributed by atoms with van der Waals surface area (Å²) in [6, 6.07) is 13.5. The zero-order valence-corrected chi connectivity index (χ0v) is 13.6. The van der Waals surface area contributed by atoms with E-state index in [1.165, 1.54) is 11.1 Å². The Bertz CT molecular complexity index is 828. The molecule has 0 unspecified atom stereocenters. The van der Waals surface area contributed by atoms with Crippen LogP contribution in [-0.2, 0) is 6.42 Å². The van der Waals surface area contributed by atoms with Gasteiger partial charge in [0, 0.05) is 17.7 Å². The van der Waals surface area contributed by atoms with Crippen molar-refractivity contribution in [3.8, 4) is 0 Å². The summed E-state index contributed by atoms with van der Waals surface area (Å²) in [6.45, 7) is 2.15. The van der Waals surface area contributed by atoms with Crippen molar-refractivity contribution in [2.24, 2.45) is 5.92 Å². The summed E-state index contributed by atoms with van der Waals surface area (Å²) in [4.78, 5) is 11.2. The van der Waals surface area contributed by atoms with E-state index in [-0.39, 0.29) is 16.7 Å². The Kier molecular flexibility index (Phi) is 3.60. The number of nitrogens with zero attached hydrogens (tertiary/aromatic N) is 1. The predicted molar refractivity (Wildman–Crippen MR) is 95.3 cm³/mol. The van der Waals surface area contributed by atoms with Gasteiger partial charge in [-0.25, -0.2) is 0 Å². The lowest BCUT2D eigenvalue weighted by Crippen LogP contribution is -2.30. The van der Waals surface area contributed by atoms with E-state index in [9.17, 15) is 10.1 Å². The molecule has 3 atom stereocenters. The number of anilines is 1. The zero-order chi connectivity index (χ0) is 16.7. The lowest BCUT2D eigenvalue weighted by atomic mass is 9.76. The van der Waals surface area contributed by atoms with Crippen LogP contribution >= 0.6 is 0 Å². The molecule has 0 aromatic heterocycles. The van der Waals surface area contributed by atoms with Gasteiger partial charge in [-0.3, -0.25) is 10.1 Å². The summed E-state index contributed by atoms with van der Waals surface area (Å²) in [5, 5.41) is 15.1. The summed E-state index contributed by atoms with van der Waals surface area (Å²) in [5.74, 6) is 0.656. The first-order chi connectivity index (χ1) is 11.7. The lowest BCUT2D eigenvalue weighted by Gasteiger charge is -2.38. The molecule has 0 radical (unpaired) electrons. The summed E-state index contributed by atoms with van der Waals surface area (Å²) >= 11 is 0. The quantitative estimate of drug-likeness (QED) is 0.493. The van der Waals surface area contributed by atoms with Gasteiger partial charge in [-0.2, -0.15) is 0 Å². The molecule has 2 aliphatic rings. The predicted octanol–water partition coefficient (Wildman–Crippen LogP) is 4.98. The van der Waals surface area contributed by atoms with Crippen LogP contribution in [0.3, 0.4) is 0 Å². The van der Waals surface area contributed by atoms with Crippen molar-refractivity contribution in [1.29, 1.82) is 0 Å². The zero-order valence-electron chi connectivity index (χ0n) is 13.6. The fraction of sp³-hybridized carbons (Fsp3) is 0.300. The van der Waals surface area contributed by atoms with Gasteiger partial charge in [0.05, 0.1) is 16.5 Å². The van der Waals surface area contributed by atoms with Gasteiger partial charge in [0.15, 0.2) is 0 Å². The van der Waals surface area contributed by atoms with Crippen molar-refractivity contribution in [1.82, 2.24) is 0 Å². The molecule has 1 aliphatic carbocycles. The highest BCUT2D eigenvalue weighted by atomic mass is 16.6. The van der Waals surface area contributed by atoms with Gasteiger partial charge in [-0.1, -0.05) is 55.5 Å². The van der Waals surface area contributed by atoms with E-state index < -0.39 is 0 Å². The van der Waals surface area contributed by atoms with Crippen molar-refractivity contribution in [3.05, 3.63) is 81.4 Å². The fourth-order valence-corrected chi connectivity index (χ4v) is 4.21. The van der Waals surface area contributed by atoms with Gasteiger partial charge < -0.3 is 5.32 Å². The Morgan fingerprint density at radius 3 is 2.75 bits per heavy atom. The first-order valence-corrected chi connectivity index (χ1v) is 8.49. The van der Waals surface area contributed by atoms with E-state index in [4.69, 9.17) is 0 Å². The molecule has 0 amide bonds. The highest BCUT2D eigenvalue weighted by molar-refractivity contribution is 5.65. The van der Waals surface area contributed by atoms with Gasteiger partial charge >= 0.3 is 0 Å². The van der Waals surface area contributed by atoms with E-state index in [1.54, 1.807) is 12.1 Å². The third kappa shape index (κ3) is 2.21. The van der Waals surface area contributed by atoms with Gasteiger partial charge in [0.25, 0.3) is 5.69 Å². The van der Waals surface area contributed by atoms with Crippen molar-refractivity contribution >= 4 is 11.4 Å². The van der Waals surface area contributed by atoms with Crippen LogP contribution in [0, 0.1) is 16.0 Å². The molecular weight excluding hydrogens is 300 g/mol. The maximum Gasteiger partial charge on any atom is 0.274 e. The summed E-state index contributed by atoms with van der Waals surface area (Å²) in [5.41, 5.74) is 4.75. The molecule has 4 rings (SSSR count). The molecule has 0 fully saturated rings. The number of nitro groups is 1. The molecule has 1 heterocycles. The molecule has 0 spiro atoms. The number of fused-ring (bicyclic) bond motifs is 3. The number of nitrogens with one attached hydrogen (secondary N) is 1. The fourth-order valence-electron chi connectivity index (χ4n) is 4.21. The van der Waals surface area contributed by atoms with Crippen LogP contribution in [0.25, 0.3) is 0 Å². The molecule has 24 heavy (non-hydrogen) atoms. The van der Waals surface area contributed by atoms with Crippen LogP contribution in [0.5, 0.6) is 0 Å². The van der Waals surface area contributed by atoms with Gasteiger partial charge in [0.2, 0.25) is 0 Å². The Balaban J connectivity index is 1.86. The minimum Gasteiger partial charge on any atom is -0.377 e. The second kappa shape index (κ2) is 5.78. The van der Waals surface area contributed by atoms with E-state index in [0.29, 0.717) is 11.8 Å². The number of hydrogen-bond donors (Lipinski definition) is 1. The normalized spacial score (nSPS) is 24.1. The van der Waals surface area contributed by atoms with Crippen molar-refractivity contribution < 1.29 is 4.92 Å². The number of rotatable bonds is 3. The molecule has 4 nitrogen and oxygen atoms in total. The number of hydrogen-bond acceptors (Lipinski definition) is 3. The third-order valence-corrected chi connectivity index (χ3v) is 5.33. The van der Waals surface area contributed by atoms with Gasteiger partial charge in [0.1, 0.15) is 0 Å². The molecule has 1 N–H and O–H groups in total. The van der Waals surface area contributed by atoms with Gasteiger partial charge in [-0.05, 0) is 29.9 Å². The lowest BCUT2D eigenvalue weighted by molar-refractivity contribution is -0.385. The highest BCUT2D eigenvalue weighted by Crippen LogP contribution is 2.51. The second-order valence-corrected chi connectivity index (χ2v) is 6.53. The molecule has 0 saturated heterocycles. The molecule has 0 saturated carbocycles. The topological polar surface area (TPSA) is 55.2 Å². The molecular formula is C20H20N2O2. The van der Waals surface area contributed by atoms with E-state index in [1.807, 2.05) is 12.1 Å². The van der Waals surface area contributed by atoms with Crippen LogP contribution in [-0.4, -0.2) is 4.92 Å². The minimum absolute atomic E-state index is 0.0354. The summed E-state index contributed by atoms with van der Waals surface area (Å²) in [6.07, 6.45) is 6.38. The standard InChI is InChI=1S/C20H20N2O2/c1-2-13-7-5-10-15-14-9-6-11-16(14)20(21-19(13)15)17-8-3-4-12-18(17)22(23)24/h3-10,12,14,16,20-21H,2,11H2,1H3/t14-,16+,20+/m1/s1. The SMILES string of the molecule is CCc1cccc2c1N[C@H](c1ccccc1[N+](=O)[O-])[C@H]1CC=C[C@H]21. The highest BCUT2D eigenvalue weighted by Gasteiger charge is 2.40. The average Bonchev–Trinajstić information content (AvgIpc) is 3.10. The maximum atomic E-state index is 11.5. The second-order valence-electron chi connectivity index (χ2n) is 6.53. The number of aryl methyl sites for hydroxylation is 1. The molecule has 2 aromatic rings. The largest absolute Gasteiger partial charge is 0.377 e. The monoisotopic (exact) mass is 320 g/mol. The van der Waals surface area contributed by atoms with Crippen molar-refractivity contribution in [3.63, 3.8) is 0 Å². The number of nitro benzene ring substituents is 1. The van der Waals surface area contributed by atoms with Crippen LogP contribution in [0.1, 0.15) is 42.0 Å². The number of benzene rings is 2. The Morgan fingerprint density at radius 1 is 1.17 bits per heavy atom. The van der Waals surface area contributed by atoms with Crippen LogP contribution in [0.15, 0.2) is 54.6 Å². The number of para-hydroxylation sites is 2. The van der Waals surface area contributed by atoms with Crippen molar-refractivity contribution in [2.75, 3.05) is 5.32 Å². The van der Waals surface area contributed by atoms with E-state index in [2.05, 4.69) is 42.6 Å². The van der Waals surface area contributed by atoms with Crippen LogP contribution in [0.4, 0.5) is 11.4 Å². The first-order valence-electron chi connectivity index (χ1n) is 8.49. The molecule has 122 valence electrons. The Labute approximate surface area is 141 Å². The summed E-state index contributed by atoms with van der Waals surface area (Å²) < 4.78 is 0. The first kappa shape index (κ1) is 14.9. The number of allylic oxidation sites excluding steroid dienone is 2. The average molecular weight is 320 g/mol. The molecule has 2 aromatic carbocycles. The van der Waals surface area contributed by atoms with Crippen LogP contribution < -0.4 is 5.32 Å². The van der Waals surface area contributed by atoms with E-state index >= 15 is 0 Å². The third-order valence-electron chi connectivity index (χ3n) is 5.33. The molecule has 0 bridgehead atoms. The summed E-state index contributed by atoms with van der Waals surface area (Å²) in [7, 11) is 0. The Morgan fingerprint density at radius 2 is 1.96 bits per heavy atom. The molecule has 4 heteroatoms. The maximum absolute atomic E-state index is 11.5. The minimum atomic E-state index is -0.268. The van der Waals surface area contributed by atoms with Crippen LogP contribution in [0.2, 0.25) is 0 Å². The molecule has 1 aliphatic heterocycles. The van der Waals surface area contributed by atoms with Crippen molar-refractivity contribution in [2.45, 2.75) is 31.7 Å². The van der Waals surface area contributed by atoms with Gasteiger partial charge in [-0.15, -0.1) is 0 Å². The Hall–Kier alpha value is -2.62. The smallest absolute Gasteiger partial charge is 0.274 e.